The SMILES string of the molecule is C=NC(C)(C#N)CCC(=O)N1CC[N+](C)(C)CC1.[Cl-]. The maximum Gasteiger partial charge on any atom is 0.223 e. The highest BCUT2D eigenvalue weighted by Crippen LogP contribution is 2.17. The number of likely N-dealkylation sites (N-methyl/N-ethyl adjacent to an activating group) is 1. The van der Waals surface area contributed by atoms with Crippen molar-refractivity contribution in [2.45, 2.75) is 25.3 Å². The van der Waals surface area contributed by atoms with Crippen LogP contribution in [0.1, 0.15) is 19.8 Å². The molecule has 1 unspecified atom stereocenters. The summed E-state index contributed by atoms with van der Waals surface area (Å²) in [6.07, 6.45) is 0.817. The number of nitrogens with zero attached hydrogens (tertiary/aromatic N) is 4. The van der Waals surface area contributed by atoms with Crippen LogP contribution in [0, 0.1) is 11.3 Å². The van der Waals surface area contributed by atoms with E-state index in [1.807, 2.05) is 4.90 Å². The Labute approximate surface area is 121 Å². The van der Waals surface area contributed by atoms with Gasteiger partial charge in [0, 0.05) is 6.42 Å². The number of carbonyl (C=O) groups is 1. The maximum atomic E-state index is 12.0. The van der Waals surface area contributed by atoms with Gasteiger partial charge in [0.25, 0.3) is 0 Å². The second-order valence-corrected chi connectivity index (χ2v) is 5.81. The Morgan fingerprint density at radius 3 is 2.42 bits per heavy atom. The molecule has 0 bridgehead atoms. The lowest BCUT2D eigenvalue weighted by Gasteiger charge is -2.39. The fraction of sp³-hybridized carbons (Fsp3) is 0.769. The van der Waals surface area contributed by atoms with Crippen LogP contribution < -0.4 is 12.4 Å². The molecule has 1 rings (SSSR count). The molecule has 0 radical (unpaired) electrons. The van der Waals surface area contributed by atoms with E-state index < -0.39 is 5.54 Å². The van der Waals surface area contributed by atoms with Crippen molar-refractivity contribution in [2.24, 2.45) is 4.99 Å². The van der Waals surface area contributed by atoms with Crippen LogP contribution in [0.5, 0.6) is 0 Å². The van der Waals surface area contributed by atoms with E-state index in [9.17, 15) is 4.79 Å². The Hall–Kier alpha value is -1.12. The first-order valence-electron chi connectivity index (χ1n) is 6.31. The van der Waals surface area contributed by atoms with Crippen LogP contribution in [0.25, 0.3) is 0 Å². The summed E-state index contributed by atoms with van der Waals surface area (Å²) in [5.74, 6) is 0.125. The summed E-state index contributed by atoms with van der Waals surface area (Å²) in [4.78, 5) is 17.7. The molecule has 1 fully saturated rings. The van der Waals surface area contributed by atoms with E-state index in [0.717, 1.165) is 30.7 Å². The molecule has 0 aromatic carbocycles. The van der Waals surface area contributed by atoms with Crippen LogP contribution in [0.4, 0.5) is 0 Å². The Balaban J connectivity index is 0.00000324. The quantitative estimate of drug-likeness (QED) is 0.430. The van der Waals surface area contributed by atoms with Gasteiger partial charge in [0.05, 0.1) is 46.3 Å². The minimum absolute atomic E-state index is 0. The highest BCUT2D eigenvalue weighted by molar-refractivity contribution is 5.76. The molecule has 1 aliphatic rings. The van der Waals surface area contributed by atoms with Crippen LogP contribution in [0.15, 0.2) is 4.99 Å². The summed E-state index contributed by atoms with van der Waals surface area (Å²) in [5, 5.41) is 8.97. The van der Waals surface area contributed by atoms with Crippen molar-refractivity contribution in [3.63, 3.8) is 0 Å². The number of amides is 1. The number of aliphatic imine (C=N–C) groups is 1. The van der Waals surface area contributed by atoms with Crippen molar-refractivity contribution in [3.05, 3.63) is 0 Å². The predicted molar refractivity (Wildman–Crippen MR) is 71.2 cm³/mol. The molecule has 1 aliphatic heterocycles. The molecule has 1 amide bonds. The van der Waals surface area contributed by atoms with Crippen LogP contribution >= 0.6 is 0 Å². The first kappa shape index (κ1) is 17.9. The molecule has 1 heterocycles. The van der Waals surface area contributed by atoms with Gasteiger partial charge in [0.2, 0.25) is 5.91 Å². The normalized spacial score (nSPS) is 20.6. The van der Waals surface area contributed by atoms with Crippen molar-refractivity contribution < 1.29 is 21.7 Å². The lowest BCUT2D eigenvalue weighted by Crippen LogP contribution is -3.00. The van der Waals surface area contributed by atoms with E-state index >= 15 is 0 Å². The molecule has 19 heavy (non-hydrogen) atoms. The molecule has 0 aromatic rings. The average molecular weight is 287 g/mol. The predicted octanol–water partition coefficient (Wildman–Crippen LogP) is -2.33. The third kappa shape index (κ3) is 5.17. The number of piperazine rings is 1. The fourth-order valence-corrected chi connectivity index (χ4v) is 1.93. The zero-order valence-corrected chi connectivity index (χ0v) is 12.8. The molecule has 108 valence electrons. The van der Waals surface area contributed by atoms with Crippen molar-refractivity contribution in [3.8, 4) is 6.07 Å². The van der Waals surface area contributed by atoms with E-state index in [2.05, 4.69) is 31.9 Å². The van der Waals surface area contributed by atoms with Gasteiger partial charge in [-0.05, 0) is 20.1 Å². The van der Waals surface area contributed by atoms with Gasteiger partial charge in [0.1, 0.15) is 5.54 Å². The van der Waals surface area contributed by atoms with E-state index in [4.69, 9.17) is 5.26 Å². The van der Waals surface area contributed by atoms with Gasteiger partial charge >= 0.3 is 0 Å². The van der Waals surface area contributed by atoms with E-state index in [1.54, 1.807) is 6.92 Å². The third-order valence-corrected chi connectivity index (χ3v) is 3.72. The van der Waals surface area contributed by atoms with E-state index in [1.165, 1.54) is 0 Å². The van der Waals surface area contributed by atoms with Crippen molar-refractivity contribution >= 4 is 12.6 Å². The van der Waals surface area contributed by atoms with Crippen LogP contribution in [0.2, 0.25) is 0 Å². The zero-order chi connectivity index (χ0) is 13.8. The molecule has 0 saturated carbocycles. The number of nitriles is 1. The van der Waals surface area contributed by atoms with E-state index in [-0.39, 0.29) is 18.3 Å². The molecular weight excluding hydrogens is 264 g/mol. The minimum atomic E-state index is -0.833. The van der Waals surface area contributed by atoms with Gasteiger partial charge in [0.15, 0.2) is 0 Å². The second kappa shape index (κ2) is 6.88. The van der Waals surface area contributed by atoms with Crippen molar-refractivity contribution in [1.29, 1.82) is 5.26 Å². The van der Waals surface area contributed by atoms with Crippen LogP contribution in [-0.4, -0.2) is 67.8 Å². The smallest absolute Gasteiger partial charge is 0.223 e. The standard InChI is InChI=1S/C13H23N4O.ClH/c1-13(11-14,15-2)6-5-12(18)16-7-9-17(3,4)10-8-16;/h2,5-10H2,1,3-4H3;1H/q+1;/p-1. The summed E-state index contributed by atoms with van der Waals surface area (Å²) < 4.78 is 0.966. The Kier molecular flexibility index (Phi) is 6.47. The Morgan fingerprint density at radius 2 is 2.00 bits per heavy atom. The molecule has 0 spiro atoms. The number of hydrogen-bond donors (Lipinski definition) is 0. The number of hydrogen-bond acceptors (Lipinski definition) is 3. The molecule has 0 N–H and O–H groups in total. The molecule has 0 aliphatic carbocycles. The Bertz CT molecular complexity index is 367. The van der Waals surface area contributed by atoms with E-state index in [0.29, 0.717) is 12.8 Å². The number of quaternary nitrogens is 1. The largest absolute Gasteiger partial charge is 1.00 e. The summed E-state index contributed by atoms with van der Waals surface area (Å²) in [7, 11) is 4.35. The van der Waals surface area contributed by atoms with Gasteiger partial charge in [-0.1, -0.05) is 0 Å². The third-order valence-electron chi connectivity index (χ3n) is 3.72. The first-order chi connectivity index (χ1) is 8.32. The van der Waals surface area contributed by atoms with Gasteiger partial charge in [-0.3, -0.25) is 9.79 Å². The molecule has 0 aromatic heterocycles. The van der Waals surface area contributed by atoms with Crippen LogP contribution in [0.3, 0.4) is 0 Å². The van der Waals surface area contributed by atoms with Crippen molar-refractivity contribution in [1.82, 2.24) is 4.90 Å². The summed E-state index contributed by atoms with van der Waals surface area (Å²) in [5.41, 5.74) is -0.833. The molecule has 6 heteroatoms. The van der Waals surface area contributed by atoms with Gasteiger partial charge < -0.3 is 21.8 Å². The molecule has 1 atom stereocenters. The van der Waals surface area contributed by atoms with Crippen LogP contribution in [-0.2, 0) is 4.79 Å². The van der Waals surface area contributed by atoms with Crippen molar-refractivity contribution in [2.75, 3.05) is 40.3 Å². The number of halogens is 1. The second-order valence-electron chi connectivity index (χ2n) is 5.81. The first-order valence-corrected chi connectivity index (χ1v) is 6.31. The zero-order valence-electron chi connectivity index (χ0n) is 12.0. The maximum absolute atomic E-state index is 12.0. The number of carbonyl (C=O) groups excluding carboxylic acids is 1. The molecule has 1 saturated heterocycles. The monoisotopic (exact) mass is 286 g/mol. The number of rotatable bonds is 4. The van der Waals surface area contributed by atoms with Gasteiger partial charge in [-0.15, -0.1) is 0 Å². The van der Waals surface area contributed by atoms with Gasteiger partial charge in [-0.2, -0.15) is 5.26 Å². The summed E-state index contributed by atoms with van der Waals surface area (Å²) in [6.45, 7) is 8.70. The summed E-state index contributed by atoms with van der Waals surface area (Å²) in [6, 6.07) is 2.10. The molecular formula is C13H23ClN4O. The van der Waals surface area contributed by atoms with Gasteiger partial charge in [-0.25, -0.2) is 0 Å². The highest BCUT2D eigenvalue weighted by Gasteiger charge is 2.29. The Morgan fingerprint density at radius 1 is 1.47 bits per heavy atom. The minimum Gasteiger partial charge on any atom is -1.00 e. The molecule has 5 nitrogen and oxygen atoms in total. The fourth-order valence-electron chi connectivity index (χ4n) is 1.93. The summed E-state index contributed by atoms with van der Waals surface area (Å²) >= 11 is 0. The topological polar surface area (TPSA) is 56.5 Å². The lowest BCUT2D eigenvalue weighted by molar-refractivity contribution is -0.894. The lowest BCUT2D eigenvalue weighted by atomic mass is 9.98. The average Bonchev–Trinajstić information content (AvgIpc) is 2.35. The highest BCUT2D eigenvalue weighted by atomic mass is 35.5.